The number of piperidine rings is 1. The summed E-state index contributed by atoms with van der Waals surface area (Å²) in [7, 11) is 0. The highest BCUT2D eigenvalue weighted by molar-refractivity contribution is 5.94. The van der Waals surface area contributed by atoms with Gasteiger partial charge in [-0.1, -0.05) is 13.0 Å². The van der Waals surface area contributed by atoms with E-state index in [-0.39, 0.29) is 17.6 Å². The Morgan fingerprint density at radius 3 is 2.83 bits per heavy atom. The van der Waals surface area contributed by atoms with Crippen LogP contribution < -0.4 is 0 Å². The van der Waals surface area contributed by atoms with Crippen molar-refractivity contribution in [2.75, 3.05) is 13.1 Å². The van der Waals surface area contributed by atoms with Gasteiger partial charge in [0.15, 0.2) is 0 Å². The number of aryl methyl sites for hydroxylation is 1. The highest BCUT2D eigenvalue weighted by Gasteiger charge is 2.27. The zero-order valence-corrected chi connectivity index (χ0v) is 10.7. The van der Waals surface area contributed by atoms with Crippen LogP contribution in [-0.4, -0.2) is 35.1 Å². The van der Waals surface area contributed by atoms with E-state index in [1.807, 2.05) is 6.92 Å². The molecule has 1 aromatic rings. The van der Waals surface area contributed by atoms with Gasteiger partial charge in [-0.05, 0) is 37.0 Å². The fraction of sp³-hybridized carbons (Fsp3) is 0.500. The molecular weight excluding hydrogens is 233 g/mol. The quantitative estimate of drug-likeness (QED) is 0.829. The number of nitrogens with zero attached hydrogens (tertiary/aromatic N) is 1. The largest absolute Gasteiger partial charge is 0.391 e. The van der Waals surface area contributed by atoms with E-state index in [4.69, 9.17) is 0 Å². The van der Waals surface area contributed by atoms with E-state index in [9.17, 15) is 14.3 Å². The first-order chi connectivity index (χ1) is 8.49. The summed E-state index contributed by atoms with van der Waals surface area (Å²) in [5.74, 6) is -0.365. The number of carbonyl (C=O) groups is 1. The van der Waals surface area contributed by atoms with E-state index in [1.165, 1.54) is 6.07 Å². The summed E-state index contributed by atoms with van der Waals surface area (Å²) >= 11 is 0. The fourth-order valence-electron chi connectivity index (χ4n) is 2.14. The van der Waals surface area contributed by atoms with Crippen molar-refractivity contribution in [1.29, 1.82) is 0 Å². The van der Waals surface area contributed by atoms with E-state index in [2.05, 4.69) is 0 Å². The molecule has 0 saturated carbocycles. The standard InChI is InChI=1S/C14H18FNO2/c1-9-3-4-11(7-12(9)15)14(18)16-6-5-10(2)13(17)8-16/h3-4,7,10,13,17H,5-6,8H2,1-2H3. The lowest BCUT2D eigenvalue weighted by Crippen LogP contribution is -2.45. The third kappa shape index (κ3) is 2.53. The summed E-state index contributed by atoms with van der Waals surface area (Å²) in [6.07, 6.45) is 0.291. The normalized spacial score (nSPS) is 24.1. The van der Waals surface area contributed by atoms with Crippen molar-refractivity contribution < 1.29 is 14.3 Å². The zero-order valence-electron chi connectivity index (χ0n) is 10.7. The second-order valence-corrected chi connectivity index (χ2v) is 5.05. The van der Waals surface area contributed by atoms with Crippen LogP contribution in [0.1, 0.15) is 29.3 Å². The van der Waals surface area contributed by atoms with Crippen LogP contribution in [0.25, 0.3) is 0 Å². The van der Waals surface area contributed by atoms with Gasteiger partial charge in [-0.3, -0.25) is 4.79 Å². The van der Waals surface area contributed by atoms with Crippen LogP contribution in [0.2, 0.25) is 0 Å². The van der Waals surface area contributed by atoms with Gasteiger partial charge in [-0.2, -0.15) is 0 Å². The first-order valence-corrected chi connectivity index (χ1v) is 6.22. The molecule has 1 amide bonds. The molecule has 3 nitrogen and oxygen atoms in total. The van der Waals surface area contributed by atoms with Crippen LogP contribution in [0.15, 0.2) is 18.2 Å². The molecule has 2 atom stereocenters. The zero-order chi connectivity index (χ0) is 13.3. The van der Waals surface area contributed by atoms with Gasteiger partial charge in [0.25, 0.3) is 5.91 Å². The predicted molar refractivity (Wildman–Crippen MR) is 66.8 cm³/mol. The van der Waals surface area contributed by atoms with Crippen molar-refractivity contribution in [3.8, 4) is 0 Å². The number of halogens is 1. The average Bonchev–Trinajstić information content (AvgIpc) is 2.35. The Kier molecular flexibility index (Phi) is 3.66. The molecule has 0 aliphatic carbocycles. The molecule has 1 aliphatic heterocycles. The molecular formula is C14H18FNO2. The van der Waals surface area contributed by atoms with Crippen molar-refractivity contribution >= 4 is 5.91 Å². The maximum absolute atomic E-state index is 13.4. The molecule has 1 saturated heterocycles. The molecule has 1 aliphatic rings. The van der Waals surface area contributed by atoms with Crippen molar-refractivity contribution in [3.63, 3.8) is 0 Å². The monoisotopic (exact) mass is 251 g/mol. The SMILES string of the molecule is Cc1ccc(C(=O)N2CCC(C)C(O)C2)cc1F. The lowest BCUT2D eigenvalue weighted by atomic mass is 9.95. The molecule has 2 unspecified atom stereocenters. The molecule has 0 bridgehead atoms. The molecule has 0 spiro atoms. The predicted octanol–water partition coefficient (Wildman–Crippen LogP) is 1.98. The molecule has 98 valence electrons. The number of rotatable bonds is 1. The highest BCUT2D eigenvalue weighted by Crippen LogP contribution is 2.19. The van der Waals surface area contributed by atoms with Crippen LogP contribution in [-0.2, 0) is 0 Å². The Balaban J connectivity index is 2.14. The lowest BCUT2D eigenvalue weighted by molar-refractivity contribution is 0.0248. The number of aliphatic hydroxyl groups is 1. The molecule has 1 heterocycles. The van der Waals surface area contributed by atoms with Gasteiger partial charge in [0, 0.05) is 18.7 Å². The Morgan fingerprint density at radius 1 is 1.50 bits per heavy atom. The molecule has 1 aromatic carbocycles. The number of amides is 1. The molecule has 2 rings (SSSR count). The maximum atomic E-state index is 13.4. The van der Waals surface area contributed by atoms with E-state index >= 15 is 0 Å². The van der Waals surface area contributed by atoms with Crippen molar-refractivity contribution in [2.24, 2.45) is 5.92 Å². The first-order valence-electron chi connectivity index (χ1n) is 6.22. The van der Waals surface area contributed by atoms with Gasteiger partial charge in [0.05, 0.1) is 6.10 Å². The van der Waals surface area contributed by atoms with Crippen molar-refractivity contribution in [1.82, 2.24) is 4.90 Å². The highest BCUT2D eigenvalue weighted by atomic mass is 19.1. The van der Waals surface area contributed by atoms with Crippen LogP contribution in [0.4, 0.5) is 4.39 Å². The first kappa shape index (κ1) is 13.0. The minimum absolute atomic E-state index is 0.208. The topological polar surface area (TPSA) is 40.5 Å². The molecule has 4 heteroatoms. The Hall–Kier alpha value is -1.42. The lowest BCUT2D eigenvalue weighted by Gasteiger charge is -2.34. The number of aliphatic hydroxyl groups excluding tert-OH is 1. The van der Waals surface area contributed by atoms with Crippen molar-refractivity contribution in [3.05, 3.63) is 35.1 Å². The van der Waals surface area contributed by atoms with Gasteiger partial charge in [-0.25, -0.2) is 4.39 Å². The van der Waals surface area contributed by atoms with E-state index < -0.39 is 6.10 Å². The molecule has 1 fully saturated rings. The number of hydrogen-bond donors (Lipinski definition) is 1. The summed E-state index contributed by atoms with van der Waals surface area (Å²) < 4.78 is 13.4. The number of hydrogen-bond acceptors (Lipinski definition) is 2. The minimum Gasteiger partial charge on any atom is -0.391 e. The van der Waals surface area contributed by atoms with Crippen LogP contribution >= 0.6 is 0 Å². The maximum Gasteiger partial charge on any atom is 0.254 e. The van der Waals surface area contributed by atoms with E-state index in [0.29, 0.717) is 24.2 Å². The van der Waals surface area contributed by atoms with Gasteiger partial charge < -0.3 is 10.0 Å². The third-order valence-electron chi connectivity index (χ3n) is 3.62. The van der Waals surface area contributed by atoms with Gasteiger partial charge in [-0.15, -0.1) is 0 Å². The second-order valence-electron chi connectivity index (χ2n) is 5.05. The number of likely N-dealkylation sites (tertiary alicyclic amines) is 1. The summed E-state index contributed by atoms with van der Waals surface area (Å²) in [5, 5.41) is 9.77. The summed E-state index contributed by atoms with van der Waals surface area (Å²) in [6.45, 7) is 4.58. The van der Waals surface area contributed by atoms with Crippen LogP contribution in [0.3, 0.4) is 0 Å². The van der Waals surface area contributed by atoms with E-state index in [1.54, 1.807) is 24.0 Å². The van der Waals surface area contributed by atoms with Gasteiger partial charge in [0.1, 0.15) is 5.82 Å². The summed E-state index contributed by atoms with van der Waals surface area (Å²) in [4.78, 5) is 13.8. The van der Waals surface area contributed by atoms with Crippen molar-refractivity contribution in [2.45, 2.75) is 26.4 Å². The number of benzene rings is 1. The second kappa shape index (κ2) is 5.06. The number of β-amino-alcohol motifs (C(OH)–C–C–N with tert-alkyl or cyclic N) is 1. The third-order valence-corrected chi connectivity index (χ3v) is 3.62. The number of carbonyl (C=O) groups excluding carboxylic acids is 1. The van der Waals surface area contributed by atoms with Crippen LogP contribution in [0.5, 0.6) is 0 Å². The average molecular weight is 251 g/mol. The molecule has 0 radical (unpaired) electrons. The smallest absolute Gasteiger partial charge is 0.254 e. The van der Waals surface area contributed by atoms with Crippen LogP contribution in [0, 0.1) is 18.7 Å². The van der Waals surface area contributed by atoms with Gasteiger partial charge in [0.2, 0.25) is 0 Å². The fourth-order valence-corrected chi connectivity index (χ4v) is 2.14. The molecule has 1 N–H and O–H groups in total. The van der Waals surface area contributed by atoms with E-state index in [0.717, 1.165) is 6.42 Å². The Labute approximate surface area is 106 Å². The van der Waals surface area contributed by atoms with Gasteiger partial charge >= 0.3 is 0 Å². The molecule has 18 heavy (non-hydrogen) atoms. The summed E-state index contributed by atoms with van der Waals surface area (Å²) in [5.41, 5.74) is 0.874. The Morgan fingerprint density at radius 2 is 2.22 bits per heavy atom. The Bertz CT molecular complexity index is 461. The minimum atomic E-state index is -0.488. The summed E-state index contributed by atoms with van der Waals surface area (Å²) in [6, 6.07) is 4.50. The molecule has 0 aromatic heterocycles.